The van der Waals surface area contributed by atoms with Crippen molar-refractivity contribution in [3.05, 3.63) is 11.4 Å². The Morgan fingerprint density at radius 2 is 1.89 bits per heavy atom. The number of rotatable bonds is 5. The molecule has 2 aliphatic rings. The van der Waals surface area contributed by atoms with Crippen molar-refractivity contribution >= 4 is 5.82 Å². The third kappa shape index (κ3) is 2.82. The van der Waals surface area contributed by atoms with Crippen LogP contribution in [0.25, 0.3) is 0 Å². The van der Waals surface area contributed by atoms with E-state index in [1.165, 1.54) is 38.5 Å². The van der Waals surface area contributed by atoms with Gasteiger partial charge in [0.2, 0.25) is 5.88 Å². The lowest BCUT2D eigenvalue weighted by Crippen LogP contribution is -2.15. The summed E-state index contributed by atoms with van der Waals surface area (Å²) in [7, 11) is 0. The highest BCUT2D eigenvalue weighted by molar-refractivity contribution is 5.49. The van der Waals surface area contributed by atoms with Crippen LogP contribution in [0.4, 0.5) is 5.82 Å². The number of nitrogens with one attached hydrogen (secondary N) is 1. The lowest BCUT2D eigenvalue weighted by Gasteiger charge is -2.17. The van der Waals surface area contributed by atoms with Crippen LogP contribution in [0.5, 0.6) is 5.88 Å². The largest absolute Gasteiger partial charge is 0.474 e. The highest BCUT2D eigenvalue weighted by atomic mass is 16.5. The van der Waals surface area contributed by atoms with Gasteiger partial charge in [0.25, 0.3) is 0 Å². The first-order valence-corrected chi connectivity index (χ1v) is 7.57. The fourth-order valence-corrected chi connectivity index (χ4v) is 2.66. The smallest absolute Gasteiger partial charge is 0.222 e. The van der Waals surface area contributed by atoms with Gasteiger partial charge in [0.05, 0.1) is 5.56 Å². The van der Waals surface area contributed by atoms with Crippen LogP contribution in [0.15, 0.2) is 0 Å². The molecule has 2 fully saturated rings. The van der Waals surface area contributed by atoms with Crippen molar-refractivity contribution in [2.24, 2.45) is 0 Å². The number of aromatic nitrogens is 2. The van der Waals surface area contributed by atoms with Crippen LogP contribution in [0, 0.1) is 6.92 Å². The SMILES string of the molecule is CCNc1nc(C2CC2)nc(OC2CCCC2)c1C. The third-order valence-electron chi connectivity index (χ3n) is 3.99. The Labute approximate surface area is 115 Å². The minimum atomic E-state index is 0.357. The zero-order chi connectivity index (χ0) is 13.2. The van der Waals surface area contributed by atoms with E-state index in [0.29, 0.717) is 12.0 Å². The summed E-state index contributed by atoms with van der Waals surface area (Å²) in [5.41, 5.74) is 1.05. The Morgan fingerprint density at radius 1 is 1.16 bits per heavy atom. The van der Waals surface area contributed by atoms with Gasteiger partial charge in [-0.15, -0.1) is 0 Å². The highest BCUT2D eigenvalue weighted by Gasteiger charge is 2.29. The lowest BCUT2D eigenvalue weighted by molar-refractivity contribution is 0.199. The first-order valence-electron chi connectivity index (χ1n) is 7.57. The number of hydrogen-bond acceptors (Lipinski definition) is 4. The van der Waals surface area contributed by atoms with Gasteiger partial charge in [-0.3, -0.25) is 0 Å². The first-order chi connectivity index (χ1) is 9.28. The van der Waals surface area contributed by atoms with E-state index in [0.717, 1.165) is 29.6 Å². The number of anilines is 1. The van der Waals surface area contributed by atoms with Crippen LogP contribution in [0.2, 0.25) is 0 Å². The predicted molar refractivity (Wildman–Crippen MR) is 75.8 cm³/mol. The van der Waals surface area contributed by atoms with Gasteiger partial charge in [0.15, 0.2) is 0 Å². The molecule has 0 aromatic carbocycles. The predicted octanol–water partition coefficient (Wildman–Crippen LogP) is 3.42. The molecule has 4 heteroatoms. The summed E-state index contributed by atoms with van der Waals surface area (Å²) in [6.45, 7) is 5.03. The Morgan fingerprint density at radius 3 is 2.53 bits per heavy atom. The molecule has 0 saturated heterocycles. The molecule has 0 atom stereocenters. The van der Waals surface area contributed by atoms with E-state index in [2.05, 4.69) is 29.1 Å². The minimum Gasteiger partial charge on any atom is -0.474 e. The second-order valence-corrected chi connectivity index (χ2v) is 5.69. The lowest BCUT2D eigenvalue weighted by atomic mass is 10.2. The average molecular weight is 261 g/mol. The standard InChI is InChI=1S/C15H23N3O/c1-3-16-13-10(2)15(19-12-6-4-5-7-12)18-14(17-13)11-8-9-11/h11-12H,3-9H2,1-2H3,(H,16,17,18). The molecule has 1 aromatic heterocycles. The van der Waals surface area contributed by atoms with E-state index >= 15 is 0 Å². The number of ether oxygens (including phenoxy) is 1. The van der Waals surface area contributed by atoms with E-state index in [1.807, 2.05) is 0 Å². The van der Waals surface area contributed by atoms with E-state index in [9.17, 15) is 0 Å². The maximum Gasteiger partial charge on any atom is 0.222 e. The molecular formula is C15H23N3O. The van der Waals surface area contributed by atoms with E-state index in [4.69, 9.17) is 4.74 Å². The van der Waals surface area contributed by atoms with Crippen molar-refractivity contribution < 1.29 is 4.74 Å². The summed E-state index contributed by atoms with van der Waals surface area (Å²) >= 11 is 0. The first kappa shape index (κ1) is 12.7. The van der Waals surface area contributed by atoms with Crippen LogP contribution in [0.1, 0.15) is 62.8 Å². The van der Waals surface area contributed by atoms with Crippen molar-refractivity contribution in [2.75, 3.05) is 11.9 Å². The summed E-state index contributed by atoms with van der Waals surface area (Å²) in [6, 6.07) is 0. The molecule has 2 saturated carbocycles. The second-order valence-electron chi connectivity index (χ2n) is 5.69. The maximum absolute atomic E-state index is 6.12. The van der Waals surface area contributed by atoms with Gasteiger partial charge in [0, 0.05) is 12.5 Å². The third-order valence-corrected chi connectivity index (χ3v) is 3.99. The van der Waals surface area contributed by atoms with Crippen molar-refractivity contribution in [1.29, 1.82) is 0 Å². The second kappa shape index (κ2) is 5.35. The molecule has 1 heterocycles. The minimum absolute atomic E-state index is 0.357. The summed E-state index contributed by atoms with van der Waals surface area (Å²) in [5.74, 6) is 3.28. The monoisotopic (exact) mass is 261 g/mol. The van der Waals surface area contributed by atoms with Crippen LogP contribution in [0.3, 0.4) is 0 Å². The van der Waals surface area contributed by atoms with E-state index < -0.39 is 0 Å². The Balaban J connectivity index is 1.86. The normalized spacial score (nSPS) is 19.7. The fraction of sp³-hybridized carbons (Fsp3) is 0.733. The van der Waals surface area contributed by atoms with Gasteiger partial charge in [-0.2, -0.15) is 4.98 Å². The molecule has 4 nitrogen and oxygen atoms in total. The van der Waals surface area contributed by atoms with Gasteiger partial charge in [-0.05, 0) is 52.4 Å². The topological polar surface area (TPSA) is 47.0 Å². The fourth-order valence-electron chi connectivity index (χ4n) is 2.66. The van der Waals surface area contributed by atoms with Gasteiger partial charge in [-0.25, -0.2) is 4.98 Å². The molecular weight excluding hydrogens is 238 g/mol. The van der Waals surface area contributed by atoms with Gasteiger partial charge in [-0.1, -0.05) is 0 Å². The molecule has 1 N–H and O–H groups in total. The van der Waals surface area contributed by atoms with Crippen molar-refractivity contribution in [3.63, 3.8) is 0 Å². The molecule has 0 spiro atoms. The van der Waals surface area contributed by atoms with Gasteiger partial charge < -0.3 is 10.1 Å². The molecule has 19 heavy (non-hydrogen) atoms. The molecule has 2 aliphatic carbocycles. The molecule has 0 amide bonds. The Hall–Kier alpha value is -1.32. The maximum atomic E-state index is 6.12. The van der Waals surface area contributed by atoms with E-state index in [1.54, 1.807) is 0 Å². The van der Waals surface area contributed by atoms with E-state index in [-0.39, 0.29) is 0 Å². The molecule has 0 bridgehead atoms. The van der Waals surface area contributed by atoms with Crippen molar-refractivity contribution in [1.82, 2.24) is 9.97 Å². The van der Waals surface area contributed by atoms with Crippen molar-refractivity contribution in [2.45, 2.75) is 64.4 Å². The van der Waals surface area contributed by atoms with Crippen LogP contribution < -0.4 is 10.1 Å². The van der Waals surface area contributed by atoms with Crippen LogP contribution in [-0.4, -0.2) is 22.6 Å². The highest BCUT2D eigenvalue weighted by Crippen LogP contribution is 2.40. The Kier molecular flexibility index (Phi) is 3.58. The van der Waals surface area contributed by atoms with Gasteiger partial charge in [0.1, 0.15) is 17.7 Å². The summed E-state index contributed by atoms with van der Waals surface area (Å²) in [6.07, 6.45) is 7.69. The molecule has 0 aliphatic heterocycles. The Bertz CT molecular complexity index is 451. The summed E-state index contributed by atoms with van der Waals surface area (Å²) in [5, 5.41) is 3.33. The number of hydrogen-bond donors (Lipinski definition) is 1. The summed E-state index contributed by atoms with van der Waals surface area (Å²) < 4.78 is 6.12. The van der Waals surface area contributed by atoms with Crippen molar-refractivity contribution in [3.8, 4) is 5.88 Å². The zero-order valence-corrected chi connectivity index (χ0v) is 11.9. The van der Waals surface area contributed by atoms with Crippen LogP contribution in [-0.2, 0) is 0 Å². The molecule has 1 aromatic rings. The molecule has 0 unspecified atom stereocenters. The molecule has 104 valence electrons. The average Bonchev–Trinajstić information content (AvgIpc) is 3.13. The zero-order valence-electron chi connectivity index (χ0n) is 11.9. The summed E-state index contributed by atoms with van der Waals surface area (Å²) in [4.78, 5) is 9.32. The molecule has 0 radical (unpaired) electrons. The number of nitrogens with zero attached hydrogens (tertiary/aromatic N) is 2. The molecule has 3 rings (SSSR count). The quantitative estimate of drug-likeness (QED) is 0.882. The van der Waals surface area contributed by atoms with Gasteiger partial charge >= 0.3 is 0 Å². The van der Waals surface area contributed by atoms with Crippen LogP contribution >= 0.6 is 0 Å².